The van der Waals surface area contributed by atoms with E-state index in [0.29, 0.717) is 13.1 Å². The second-order valence-electron chi connectivity index (χ2n) is 3.98. The number of sulfonamides is 1. The number of hydrogen-bond donors (Lipinski definition) is 1. The van der Waals surface area contributed by atoms with Gasteiger partial charge in [0, 0.05) is 18.9 Å². The van der Waals surface area contributed by atoms with Crippen molar-refractivity contribution in [2.45, 2.75) is 13.5 Å². The van der Waals surface area contributed by atoms with E-state index in [9.17, 15) is 8.42 Å². The van der Waals surface area contributed by atoms with E-state index in [2.05, 4.69) is 14.8 Å². The standard InChI is InChI=1S/C12H16N4O2S/c1-2-19(17,18)14-8-10-16-9-6-12(15-16)11-5-3-4-7-13-11/h3-7,9,14H,2,8,10H2,1H3. The van der Waals surface area contributed by atoms with Gasteiger partial charge < -0.3 is 0 Å². The van der Waals surface area contributed by atoms with Crippen LogP contribution in [-0.4, -0.2) is 35.5 Å². The zero-order valence-electron chi connectivity index (χ0n) is 10.7. The Morgan fingerprint density at radius 2 is 2.11 bits per heavy atom. The molecule has 0 saturated carbocycles. The monoisotopic (exact) mass is 280 g/mol. The molecule has 6 nitrogen and oxygen atoms in total. The summed E-state index contributed by atoms with van der Waals surface area (Å²) in [6.45, 7) is 2.43. The van der Waals surface area contributed by atoms with Crippen LogP contribution < -0.4 is 4.72 Å². The van der Waals surface area contributed by atoms with E-state index in [0.717, 1.165) is 11.4 Å². The first-order valence-electron chi connectivity index (χ1n) is 6.03. The lowest BCUT2D eigenvalue weighted by Crippen LogP contribution is -2.28. The normalized spacial score (nSPS) is 11.6. The van der Waals surface area contributed by atoms with Gasteiger partial charge in [-0.15, -0.1) is 0 Å². The summed E-state index contributed by atoms with van der Waals surface area (Å²) in [5.74, 6) is 0.0886. The van der Waals surface area contributed by atoms with Crippen LogP contribution in [0.5, 0.6) is 0 Å². The molecule has 1 N–H and O–H groups in total. The number of rotatable bonds is 6. The minimum absolute atomic E-state index is 0.0886. The third-order valence-electron chi connectivity index (χ3n) is 2.61. The third-order valence-corrected chi connectivity index (χ3v) is 4.01. The molecule has 19 heavy (non-hydrogen) atoms. The SMILES string of the molecule is CCS(=O)(=O)NCCn1ccc(-c2ccccn2)n1. The van der Waals surface area contributed by atoms with Crippen LogP contribution >= 0.6 is 0 Å². The summed E-state index contributed by atoms with van der Waals surface area (Å²) in [5.41, 5.74) is 1.58. The van der Waals surface area contributed by atoms with Gasteiger partial charge in [0.05, 0.1) is 18.0 Å². The summed E-state index contributed by atoms with van der Waals surface area (Å²) in [7, 11) is -3.14. The molecule has 2 aromatic rings. The van der Waals surface area contributed by atoms with E-state index < -0.39 is 10.0 Å². The molecule has 0 atom stereocenters. The molecule has 0 radical (unpaired) electrons. The molecule has 0 aliphatic carbocycles. The first kappa shape index (κ1) is 13.7. The van der Waals surface area contributed by atoms with Crippen LogP contribution in [0, 0.1) is 0 Å². The number of hydrogen-bond acceptors (Lipinski definition) is 4. The molecule has 2 heterocycles. The topological polar surface area (TPSA) is 76.9 Å². The minimum atomic E-state index is -3.14. The first-order valence-corrected chi connectivity index (χ1v) is 7.68. The Balaban J connectivity index is 1.95. The van der Waals surface area contributed by atoms with Crippen molar-refractivity contribution >= 4 is 10.0 Å². The molecule has 0 aromatic carbocycles. The molecule has 0 saturated heterocycles. The highest BCUT2D eigenvalue weighted by molar-refractivity contribution is 7.89. The Kier molecular flexibility index (Phi) is 4.28. The first-order chi connectivity index (χ1) is 9.11. The van der Waals surface area contributed by atoms with Crippen LogP contribution in [0.15, 0.2) is 36.7 Å². The van der Waals surface area contributed by atoms with E-state index >= 15 is 0 Å². The zero-order chi connectivity index (χ0) is 13.7. The zero-order valence-corrected chi connectivity index (χ0v) is 11.5. The van der Waals surface area contributed by atoms with Crippen LogP contribution in [0.1, 0.15) is 6.92 Å². The van der Waals surface area contributed by atoms with Gasteiger partial charge in [0.15, 0.2) is 0 Å². The van der Waals surface area contributed by atoms with E-state index in [1.807, 2.05) is 30.5 Å². The highest BCUT2D eigenvalue weighted by atomic mass is 32.2. The van der Waals surface area contributed by atoms with Crippen LogP contribution in [0.25, 0.3) is 11.4 Å². The molecule has 0 fully saturated rings. The smallest absolute Gasteiger partial charge is 0.211 e. The third kappa shape index (κ3) is 3.87. The Hall–Kier alpha value is -1.73. The van der Waals surface area contributed by atoms with Gasteiger partial charge in [-0.2, -0.15) is 5.10 Å². The Morgan fingerprint density at radius 1 is 1.26 bits per heavy atom. The minimum Gasteiger partial charge on any atom is -0.271 e. The Bertz CT molecular complexity index is 622. The maximum atomic E-state index is 11.3. The lowest BCUT2D eigenvalue weighted by Gasteiger charge is -2.04. The molecule has 7 heteroatoms. The molecule has 2 aromatic heterocycles. The molecule has 0 unspecified atom stereocenters. The van der Waals surface area contributed by atoms with Gasteiger partial charge in [-0.1, -0.05) is 6.07 Å². The summed E-state index contributed by atoms with van der Waals surface area (Å²) in [6.07, 6.45) is 3.52. The number of pyridine rings is 1. The highest BCUT2D eigenvalue weighted by Crippen LogP contribution is 2.12. The molecule has 0 bridgehead atoms. The summed E-state index contributed by atoms with van der Waals surface area (Å²) >= 11 is 0. The van der Waals surface area contributed by atoms with Gasteiger partial charge >= 0.3 is 0 Å². The summed E-state index contributed by atoms with van der Waals surface area (Å²) < 4.78 is 26.7. The van der Waals surface area contributed by atoms with Crippen molar-refractivity contribution in [3.63, 3.8) is 0 Å². The molecule has 0 spiro atoms. The van der Waals surface area contributed by atoms with Gasteiger partial charge in [-0.3, -0.25) is 9.67 Å². The van der Waals surface area contributed by atoms with Gasteiger partial charge in [-0.25, -0.2) is 13.1 Å². The molecule has 0 amide bonds. The molecule has 0 aliphatic rings. The van der Waals surface area contributed by atoms with Gasteiger partial charge in [0.2, 0.25) is 10.0 Å². The van der Waals surface area contributed by atoms with Crippen molar-refractivity contribution in [3.8, 4) is 11.4 Å². The van der Waals surface area contributed by atoms with Gasteiger partial charge in [0.25, 0.3) is 0 Å². The largest absolute Gasteiger partial charge is 0.271 e. The highest BCUT2D eigenvalue weighted by Gasteiger charge is 2.06. The Morgan fingerprint density at radius 3 is 2.79 bits per heavy atom. The fraction of sp³-hybridized carbons (Fsp3) is 0.333. The van der Waals surface area contributed by atoms with Crippen LogP contribution in [0.3, 0.4) is 0 Å². The second kappa shape index (κ2) is 5.94. The van der Waals surface area contributed by atoms with Crippen LogP contribution in [0.4, 0.5) is 0 Å². The fourth-order valence-corrected chi connectivity index (χ4v) is 2.16. The Labute approximate surface area is 112 Å². The molecule has 0 aliphatic heterocycles. The van der Waals surface area contributed by atoms with E-state index in [-0.39, 0.29) is 5.75 Å². The van der Waals surface area contributed by atoms with E-state index in [4.69, 9.17) is 0 Å². The lowest BCUT2D eigenvalue weighted by atomic mass is 10.3. The van der Waals surface area contributed by atoms with E-state index in [1.165, 1.54) is 0 Å². The predicted molar refractivity (Wildman–Crippen MR) is 72.9 cm³/mol. The van der Waals surface area contributed by atoms with Crippen molar-refractivity contribution in [2.75, 3.05) is 12.3 Å². The maximum Gasteiger partial charge on any atom is 0.211 e. The number of nitrogens with zero attached hydrogens (tertiary/aromatic N) is 3. The van der Waals surface area contributed by atoms with E-state index in [1.54, 1.807) is 17.8 Å². The predicted octanol–water partition coefficient (Wildman–Crippen LogP) is 0.884. The summed E-state index contributed by atoms with van der Waals surface area (Å²) in [4.78, 5) is 4.21. The van der Waals surface area contributed by atoms with Crippen molar-refractivity contribution in [1.29, 1.82) is 0 Å². The summed E-state index contributed by atoms with van der Waals surface area (Å²) in [5, 5.41) is 4.35. The van der Waals surface area contributed by atoms with Crippen molar-refractivity contribution < 1.29 is 8.42 Å². The lowest BCUT2D eigenvalue weighted by molar-refractivity contribution is 0.562. The fourth-order valence-electron chi connectivity index (χ4n) is 1.55. The van der Waals surface area contributed by atoms with Gasteiger partial charge in [0.1, 0.15) is 5.69 Å². The van der Waals surface area contributed by atoms with Crippen molar-refractivity contribution in [1.82, 2.24) is 19.5 Å². The number of aromatic nitrogens is 3. The average molecular weight is 280 g/mol. The quantitative estimate of drug-likeness (QED) is 0.852. The second-order valence-corrected chi connectivity index (χ2v) is 6.07. The maximum absolute atomic E-state index is 11.3. The molecular weight excluding hydrogens is 264 g/mol. The van der Waals surface area contributed by atoms with Crippen molar-refractivity contribution in [3.05, 3.63) is 36.7 Å². The molecular formula is C12H16N4O2S. The van der Waals surface area contributed by atoms with Crippen LogP contribution in [-0.2, 0) is 16.6 Å². The summed E-state index contributed by atoms with van der Waals surface area (Å²) in [6, 6.07) is 7.49. The van der Waals surface area contributed by atoms with Crippen LogP contribution in [0.2, 0.25) is 0 Å². The number of nitrogens with one attached hydrogen (secondary N) is 1. The van der Waals surface area contributed by atoms with Gasteiger partial charge in [-0.05, 0) is 25.1 Å². The molecule has 2 rings (SSSR count). The average Bonchev–Trinajstić information content (AvgIpc) is 2.88. The molecule has 102 valence electrons. The van der Waals surface area contributed by atoms with Crippen molar-refractivity contribution in [2.24, 2.45) is 0 Å².